The summed E-state index contributed by atoms with van der Waals surface area (Å²) in [6, 6.07) is 2.04. The van der Waals surface area contributed by atoms with Gasteiger partial charge in [0.1, 0.15) is 0 Å². The summed E-state index contributed by atoms with van der Waals surface area (Å²) in [5.74, 6) is 0.572. The van der Waals surface area contributed by atoms with Crippen LogP contribution in [0.2, 0.25) is 0 Å². The molecule has 0 unspecified atom stereocenters. The number of rotatable bonds is 2. The van der Waals surface area contributed by atoms with Gasteiger partial charge in [-0.15, -0.1) is 0 Å². The van der Waals surface area contributed by atoms with Crippen LogP contribution < -0.4 is 4.78 Å². The van der Waals surface area contributed by atoms with E-state index in [2.05, 4.69) is 0 Å². The van der Waals surface area contributed by atoms with Gasteiger partial charge in [-0.05, 0) is 35.8 Å². The van der Waals surface area contributed by atoms with Gasteiger partial charge in [0, 0.05) is 4.78 Å². The molecule has 1 aliphatic carbocycles. The lowest BCUT2D eigenvalue weighted by Crippen LogP contribution is -2.30. The summed E-state index contributed by atoms with van der Waals surface area (Å²) in [6.45, 7) is 0. The Morgan fingerprint density at radius 3 is 2.62 bits per heavy atom. The molecule has 0 radical (unpaired) electrons. The fraction of sp³-hybridized carbons (Fsp3) is 0.556. The zero-order chi connectivity index (χ0) is 9.26. The van der Waals surface area contributed by atoms with E-state index >= 15 is 0 Å². The van der Waals surface area contributed by atoms with E-state index in [4.69, 9.17) is 10.0 Å². The highest BCUT2D eigenvalue weighted by Gasteiger charge is 2.25. The first-order valence-corrected chi connectivity index (χ1v) is 5.60. The SMILES string of the molecule is OB(O)c1sccc1C1CCCC1. The Labute approximate surface area is 82.4 Å². The summed E-state index contributed by atoms with van der Waals surface area (Å²) in [6.07, 6.45) is 4.97. The van der Waals surface area contributed by atoms with Crippen molar-refractivity contribution in [2.45, 2.75) is 31.6 Å². The van der Waals surface area contributed by atoms with Gasteiger partial charge in [0.05, 0.1) is 0 Å². The van der Waals surface area contributed by atoms with Crippen LogP contribution in [0.4, 0.5) is 0 Å². The molecule has 0 saturated heterocycles. The number of hydrogen-bond acceptors (Lipinski definition) is 3. The van der Waals surface area contributed by atoms with Crippen LogP contribution in [0.5, 0.6) is 0 Å². The third-order valence-electron chi connectivity index (χ3n) is 2.76. The lowest BCUT2D eigenvalue weighted by Gasteiger charge is -2.09. The molecule has 0 amide bonds. The van der Waals surface area contributed by atoms with Gasteiger partial charge >= 0.3 is 7.12 Å². The molecule has 0 aromatic carbocycles. The summed E-state index contributed by atoms with van der Waals surface area (Å²) in [5, 5.41) is 20.2. The van der Waals surface area contributed by atoms with Gasteiger partial charge in [0.2, 0.25) is 0 Å². The standard InChI is InChI=1S/C9H13BO2S/c11-10(12)9-8(5-6-13-9)7-3-1-2-4-7/h5-7,11-12H,1-4H2. The smallest absolute Gasteiger partial charge is 0.423 e. The minimum Gasteiger partial charge on any atom is -0.423 e. The van der Waals surface area contributed by atoms with Gasteiger partial charge in [0.25, 0.3) is 0 Å². The van der Waals surface area contributed by atoms with E-state index in [-0.39, 0.29) is 0 Å². The average Bonchev–Trinajstić information content (AvgIpc) is 2.74. The Hall–Kier alpha value is -0.315. The van der Waals surface area contributed by atoms with E-state index in [1.165, 1.54) is 37.0 Å². The molecule has 70 valence electrons. The van der Waals surface area contributed by atoms with Crippen molar-refractivity contribution in [3.8, 4) is 0 Å². The Morgan fingerprint density at radius 2 is 2.00 bits per heavy atom. The minimum atomic E-state index is -1.28. The Morgan fingerprint density at radius 1 is 1.31 bits per heavy atom. The molecule has 2 N–H and O–H groups in total. The highest BCUT2D eigenvalue weighted by Crippen LogP contribution is 2.34. The van der Waals surface area contributed by atoms with E-state index in [1.54, 1.807) is 0 Å². The maximum atomic E-state index is 9.12. The van der Waals surface area contributed by atoms with Gasteiger partial charge in [-0.2, -0.15) is 11.3 Å². The van der Waals surface area contributed by atoms with Gasteiger partial charge in [-0.25, -0.2) is 0 Å². The Balaban J connectivity index is 2.23. The quantitative estimate of drug-likeness (QED) is 0.695. The van der Waals surface area contributed by atoms with Crippen molar-refractivity contribution in [2.24, 2.45) is 0 Å². The molecule has 2 rings (SSSR count). The molecule has 1 aromatic rings. The lowest BCUT2D eigenvalue weighted by atomic mass is 9.82. The van der Waals surface area contributed by atoms with Crippen molar-refractivity contribution in [3.05, 3.63) is 17.0 Å². The maximum Gasteiger partial charge on any atom is 0.499 e. The number of thiophene rings is 1. The lowest BCUT2D eigenvalue weighted by molar-refractivity contribution is 0.426. The second-order valence-electron chi connectivity index (χ2n) is 3.60. The zero-order valence-electron chi connectivity index (χ0n) is 7.44. The summed E-state index contributed by atoms with van der Waals surface area (Å²) in [5.41, 5.74) is 1.16. The third kappa shape index (κ3) is 1.80. The Bertz CT molecular complexity index is 279. The highest BCUT2D eigenvalue weighted by atomic mass is 32.1. The van der Waals surface area contributed by atoms with Gasteiger partial charge < -0.3 is 10.0 Å². The van der Waals surface area contributed by atoms with Crippen molar-refractivity contribution in [3.63, 3.8) is 0 Å². The summed E-state index contributed by atoms with van der Waals surface area (Å²) >= 11 is 1.44. The monoisotopic (exact) mass is 196 g/mol. The first-order chi connectivity index (χ1) is 6.29. The molecule has 1 fully saturated rings. The topological polar surface area (TPSA) is 40.5 Å². The average molecular weight is 196 g/mol. The van der Waals surface area contributed by atoms with Crippen LogP contribution in [-0.2, 0) is 0 Å². The normalized spacial score (nSPS) is 18.0. The maximum absolute atomic E-state index is 9.12. The van der Waals surface area contributed by atoms with Crippen LogP contribution in [0, 0.1) is 0 Å². The van der Waals surface area contributed by atoms with Crippen LogP contribution in [0.1, 0.15) is 37.2 Å². The first-order valence-electron chi connectivity index (χ1n) is 4.72. The molecular weight excluding hydrogens is 183 g/mol. The van der Waals surface area contributed by atoms with Crippen LogP contribution in [-0.4, -0.2) is 17.2 Å². The van der Waals surface area contributed by atoms with Crippen molar-refractivity contribution in [1.82, 2.24) is 0 Å². The first kappa shape index (κ1) is 9.25. The summed E-state index contributed by atoms with van der Waals surface area (Å²) < 4.78 is 0.743. The predicted molar refractivity (Wildman–Crippen MR) is 55.4 cm³/mol. The second-order valence-corrected chi connectivity index (χ2v) is 4.54. The van der Waals surface area contributed by atoms with Crippen molar-refractivity contribution >= 4 is 23.2 Å². The molecule has 1 saturated carbocycles. The van der Waals surface area contributed by atoms with Gasteiger partial charge in [0.15, 0.2) is 0 Å². The van der Waals surface area contributed by atoms with Gasteiger partial charge in [-0.1, -0.05) is 12.8 Å². The van der Waals surface area contributed by atoms with Crippen molar-refractivity contribution < 1.29 is 10.0 Å². The largest absolute Gasteiger partial charge is 0.499 e. The molecular formula is C9H13BO2S. The minimum absolute atomic E-state index is 0.572. The van der Waals surface area contributed by atoms with E-state index in [1.807, 2.05) is 11.4 Å². The Kier molecular flexibility index (Phi) is 2.72. The van der Waals surface area contributed by atoms with Crippen molar-refractivity contribution in [2.75, 3.05) is 0 Å². The third-order valence-corrected chi connectivity index (χ3v) is 3.73. The molecule has 0 aliphatic heterocycles. The van der Waals surface area contributed by atoms with Crippen LogP contribution >= 0.6 is 11.3 Å². The summed E-state index contributed by atoms with van der Waals surface area (Å²) in [4.78, 5) is 0. The van der Waals surface area contributed by atoms with E-state index in [0.29, 0.717) is 5.92 Å². The van der Waals surface area contributed by atoms with Gasteiger partial charge in [-0.3, -0.25) is 0 Å². The molecule has 4 heteroatoms. The van der Waals surface area contributed by atoms with E-state index in [0.717, 1.165) is 10.3 Å². The fourth-order valence-electron chi connectivity index (χ4n) is 2.11. The summed E-state index contributed by atoms with van der Waals surface area (Å²) in [7, 11) is -1.28. The molecule has 1 heterocycles. The molecule has 1 aromatic heterocycles. The van der Waals surface area contributed by atoms with Crippen LogP contribution in [0.15, 0.2) is 11.4 Å². The van der Waals surface area contributed by atoms with E-state index < -0.39 is 7.12 Å². The second kappa shape index (κ2) is 3.82. The van der Waals surface area contributed by atoms with Crippen LogP contribution in [0.3, 0.4) is 0 Å². The molecule has 0 atom stereocenters. The zero-order valence-corrected chi connectivity index (χ0v) is 8.26. The molecule has 1 aliphatic rings. The molecule has 2 nitrogen and oxygen atoms in total. The van der Waals surface area contributed by atoms with Crippen molar-refractivity contribution in [1.29, 1.82) is 0 Å². The molecule has 13 heavy (non-hydrogen) atoms. The highest BCUT2D eigenvalue weighted by molar-refractivity contribution is 7.20. The number of hydrogen-bond donors (Lipinski definition) is 2. The fourth-order valence-corrected chi connectivity index (χ4v) is 2.97. The van der Waals surface area contributed by atoms with Crippen LogP contribution in [0.25, 0.3) is 0 Å². The predicted octanol–water partition coefficient (Wildman–Crippen LogP) is 1.09. The molecule has 0 spiro atoms. The van der Waals surface area contributed by atoms with E-state index in [9.17, 15) is 0 Å². The molecule has 0 bridgehead atoms.